The number of nitrogens with one attached hydrogen (secondary N) is 1. The number of alkyl halides is 5. The highest BCUT2D eigenvalue weighted by molar-refractivity contribution is 6.06. The Morgan fingerprint density at radius 1 is 1.04 bits per heavy atom. The zero-order chi connectivity index (χ0) is 34.7. The van der Waals surface area contributed by atoms with Crippen molar-refractivity contribution in [1.82, 2.24) is 14.3 Å². The van der Waals surface area contributed by atoms with Gasteiger partial charge in [-0.25, -0.2) is 13.8 Å². The molecule has 1 aliphatic carbocycles. The van der Waals surface area contributed by atoms with E-state index in [1.165, 1.54) is 0 Å². The van der Waals surface area contributed by atoms with Gasteiger partial charge in [0.25, 0.3) is 11.5 Å². The van der Waals surface area contributed by atoms with Gasteiger partial charge in [0.1, 0.15) is 45.9 Å². The number of aliphatic hydroxyl groups is 1. The van der Waals surface area contributed by atoms with Gasteiger partial charge in [-0.1, -0.05) is 0 Å². The lowest BCUT2D eigenvalue weighted by molar-refractivity contribution is -0.137. The topological polar surface area (TPSA) is 111 Å². The third-order valence-corrected chi connectivity index (χ3v) is 8.42. The molecule has 2 N–H and O–H groups in total. The van der Waals surface area contributed by atoms with E-state index < -0.39 is 70.3 Å². The monoisotopic (exact) mass is 681 g/mol. The number of carbonyl (C=O) groups excluding carboxylic acids is 1. The molecule has 1 aliphatic heterocycles. The number of ether oxygens (including phenoxy) is 2. The highest BCUT2D eigenvalue weighted by Crippen LogP contribution is 2.49. The van der Waals surface area contributed by atoms with Crippen molar-refractivity contribution in [2.75, 3.05) is 30.4 Å². The molecule has 3 heterocycles. The minimum atomic E-state index is -5.04. The molecule has 2 fully saturated rings. The fourth-order valence-corrected chi connectivity index (χ4v) is 6.23. The van der Waals surface area contributed by atoms with Crippen molar-refractivity contribution >= 4 is 17.4 Å². The van der Waals surface area contributed by atoms with E-state index in [9.17, 15) is 36.6 Å². The van der Waals surface area contributed by atoms with Crippen LogP contribution in [0, 0.1) is 17.0 Å². The summed E-state index contributed by atoms with van der Waals surface area (Å²) in [4.78, 5) is 33.1. The quantitative estimate of drug-likeness (QED) is 0.241. The summed E-state index contributed by atoms with van der Waals surface area (Å²) < 4.78 is 110. The Labute approximate surface area is 266 Å². The lowest BCUT2D eigenvalue weighted by Gasteiger charge is -2.58. The molecule has 1 saturated heterocycles. The molecule has 0 unspecified atom stereocenters. The normalized spacial score (nSPS) is 15.8. The Bertz CT molecular complexity index is 1920. The van der Waals surface area contributed by atoms with Gasteiger partial charge in [-0.05, 0) is 49.2 Å². The summed E-state index contributed by atoms with van der Waals surface area (Å²) >= 11 is 0. The molecule has 48 heavy (non-hydrogen) atoms. The highest BCUT2D eigenvalue weighted by atomic mass is 19.4. The van der Waals surface area contributed by atoms with Crippen molar-refractivity contribution in [1.29, 1.82) is 0 Å². The minimum Gasteiger partial charge on any atom is -0.497 e. The van der Waals surface area contributed by atoms with Gasteiger partial charge in [0, 0.05) is 43.2 Å². The van der Waals surface area contributed by atoms with Gasteiger partial charge in [-0.15, -0.1) is 0 Å². The third kappa shape index (κ3) is 5.82. The van der Waals surface area contributed by atoms with Crippen LogP contribution in [0.15, 0.2) is 53.3 Å². The molecule has 2 aliphatic rings. The second-order valence-corrected chi connectivity index (χ2v) is 11.6. The molecule has 2 aromatic carbocycles. The number of amides is 1. The number of pyridine rings is 1. The van der Waals surface area contributed by atoms with Crippen molar-refractivity contribution in [3.63, 3.8) is 0 Å². The first-order chi connectivity index (χ1) is 22.6. The van der Waals surface area contributed by atoms with Gasteiger partial charge >= 0.3 is 12.8 Å². The zero-order valence-corrected chi connectivity index (χ0v) is 25.1. The number of hydrogen-bond acceptors (Lipinski definition) is 7. The van der Waals surface area contributed by atoms with E-state index in [4.69, 9.17) is 4.74 Å². The third-order valence-electron chi connectivity index (χ3n) is 8.42. The van der Waals surface area contributed by atoms with E-state index >= 15 is 8.78 Å². The van der Waals surface area contributed by atoms with Crippen molar-refractivity contribution < 1.29 is 50.1 Å². The SMILES string of the molecule is COc1cc(F)c(-c2c(NC(=O)c3ccc(OC(F)F)cc3)c(=O)n(-c3nc(N4CC5(CC(O)C5)C4)ccc3C(F)(F)F)n2C)c(F)c1. The molecule has 0 radical (unpaired) electrons. The lowest BCUT2D eigenvalue weighted by atomic mass is 9.62. The van der Waals surface area contributed by atoms with E-state index in [2.05, 4.69) is 15.0 Å². The molecule has 10 nitrogen and oxygen atoms in total. The first kappa shape index (κ1) is 32.9. The predicted octanol–water partition coefficient (Wildman–Crippen LogP) is 5.36. The molecule has 254 valence electrons. The maximum absolute atomic E-state index is 15.5. The summed E-state index contributed by atoms with van der Waals surface area (Å²) in [5.41, 5.74) is -5.38. The number of aliphatic hydroxyl groups excluding tert-OH is 1. The number of rotatable bonds is 8. The minimum absolute atomic E-state index is 0.0816. The van der Waals surface area contributed by atoms with Crippen LogP contribution in [0.5, 0.6) is 11.5 Å². The van der Waals surface area contributed by atoms with Gasteiger partial charge < -0.3 is 24.8 Å². The maximum atomic E-state index is 15.5. The largest absolute Gasteiger partial charge is 0.497 e. The average Bonchev–Trinajstić information content (AvgIpc) is 3.21. The second-order valence-electron chi connectivity index (χ2n) is 11.6. The maximum Gasteiger partial charge on any atom is 0.420 e. The Balaban J connectivity index is 1.50. The Morgan fingerprint density at radius 2 is 1.67 bits per heavy atom. The van der Waals surface area contributed by atoms with Gasteiger partial charge in [0.05, 0.1) is 18.8 Å². The summed E-state index contributed by atoms with van der Waals surface area (Å²) in [5.74, 6) is -4.97. The number of nitrogens with zero attached hydrogens (tertiary/aromatic N) is 4. The summed E-state index contributed by atoms with van der Waals surface area (Å²) in [6, 6.07) is 7.62. The van der Waals surface area contributed by atoms with Gasteiger partial charge in [0.2, 0.25) is 0 Å². The van der Waals surface area contributed by atoms with Crippen LogP contribution in [-0.2, 0) is 13.2 Å². The van der Waals surface area contributed by atoms with Crippen LogP contribution in [0.2, 0.25) is 0 Å². The van der Waals surface area contributed by atoms with Crippen LogP contribution in [0.25, 0.3) is 17.1 Å². The Morgan fingerprint density at radius 3 is 2.21 bits per heavy atom. The molecule has 6 rings (SSSR count). The zero-order valence-electron chi connectivity index (χ0n) is 25.1. The molecule has 17 heteroatoms. The van der Waals surface area contributed by atoms with Crippen molar-refractivity contribution in [3.05, 3.63) is 81.6 Å². The van der Waals surface area contributed by atoms with Crippen LogP contribution in [-0.4, -0.2) is 58.3 Å². The molecule has 0 bridgehead atoms. The van der Waals surface area contributed by atoms with Crippen molar-refractivity contribution in [3.8, 4) is 28.6 Å². The molecule has 2 aromatic heterocycles. The molecule has 0 atom stereocenters. The summed E-state index contributed by atoms with van der Waals surface area (Å²) in [6.45, 7) is -2.34. The van der Waals surface area contributed by atoms with Gasteiger partial charge in [0.15, 0.2) is 5.82 Å². The van der Waals surface area contributed by atoms with Crippen LogP contribution in [0.1, 0.15) is 28.8 Å². The standard InChI is InChI=1S/C31H26F7N5O5/c1-41-25(23-20(32)9-18(47-2)10-21(23)33)24(40-27(45)15-3-5-17(6-4-15)48-29(34)35)28(46)43(41)26-19(31(36,37)38)7-8-22(39-26)42-13-30(14-42)11-16(44)12-30/h3-10,16,29,44H,11-14H2,1-2H3,(H,40,45). The van der Waals surface area contributed by atoms with E-state index in [-0.39, 0.29) is 28.3 Å². The average molecular weight is 682 g/mol. The Kier molecular flexibility index (Phi) is 8.13. The smallest absolute Gasteiger partial charge is 0.420 e. The van der Waals surface area contributed by atoms with E-state index in [0.717, 1.165) is 67.4 Å². The fourth-order valence-electron chi connectivity index (χ4n) is 6.23. The van der Waals surface area contributed by atoms with Crippen molar-refractivity contribution in [2.45, 2.75) is 31.7 Å². The van der Waals surface area contributed by atoms with Crippen LogP contribution in [0.3, 0.4) is 0 Å². The van der Waals surface area contributed by atoms with Crippen LogP contribution in [0.4, 0.5) is 42.2 Å². The van der Waals surface area contributed by atoms with Crippen LogP contribution >= 0.6 is 0 Å². The number of benzene rings is 2. The summed E-state index contributed by atoms with van der Waals surface area (Å²) in [7, 11) is 2.21. The van der Waals surface area contributed by atoms with Gasteiger partial charge in [-0.2, -0.15) is 26.6 Å². The molecule has 1 amide bonds. The number of halogens is 7. The predicted molar refractivity (Wildman–Crippen MR) is 157 cm³/mol. The van der Waals surface area contributed by atoms with Gasteiger partial charge in [-0.3, -0.25) is 14.3 Å². The van der Waals surface area contributed by atoms with E-state index in [1.807, 2.05) is 0 Å². The fraction of sp³-hybridized carbons (Fsp3) is 0.323. The summed E-state index contributed by atoms with van der Waals surface area (Å²) in [5, 5.41) is 12.0. The molecular formula is C31H26F7N5O5. The number of methoxy groups -OCH3 is 1. The molecular weight excluding hydrogens is 655 g/mol. The molecule has 1 spiro atoms. The molecule has 1 saturated carbocycles. The number of aromatic nitrogens is 3. The highest BCUT2D eigenvalue weighted by Gasteiger charge is 2.52. The van der Waals surface area contributed by atoms with E-state index in [0.29, 0.717) is 30.6 Å². The Hall–Kier alpha value is -5.06. The number of anilines is 2. The number of hydrogen-bond donors (Lipinski definition) is 2. The van der Waals surface area contributed by atoms with E-state index in [1.54, 1.807) is 4.90 Å². The number of carbonyl (C=O) groups is 1. The first-order valence-corrected chi connectivity index (χ1v) is 14.3. The first-order valence-electron chi connectivity index (χ1n) is 14.3. The molecule has 4 aromatic rings. The lowest BCUT2D eigenvalue weighted by Crippen LogP contribution is -2.64. The van der Waals surface area contributed by atoms with Crippen LogP contribution < -0.4 is 25.2 Å². The summed E-state index contributed by atoms with van der Waals surface area (Å²) in [6.07, 6.45) is -4.44. The second kappa shape index (κ2) is 11.9. The van der Waals surface area contributed by atoms with Crippen molar-refractivity contribution in [2.24, 2.45) is 12.5 Å².